The monoisotopic (exact) mass is 442 g/mol. The molecule has 0 spiro atoms. The first-order chi connectivity index (χ1) is 13.5. The number of nitro benzene ring substituents is 2. The predicted molar refractivity (Wildman–Crippen MR) is 105 cm³/mol. The van der Waals surface area contributed by atoms with Crippen LogP contribution in [0, 0.1) is 20.2 Å². The number of sulfone groups is 1. The molecule has 1 amide bonds. The van der Waals surface area contributed by atoms with Crippen LogP contribution in [0.2, 0.25) is 5.02 Å². The average Bonchev–Trinajstić information content (AvgIpc) is 2.64. The van der Waals surface area contributed by atoms with Crippen LogP contribution in [0.1, 0.15) is 10.4 Å². The Morgan fingerprint density at radius 1 is 1.03 bits per heavy atom. The van der Waals surface area contributed by atoms with E-state index in [1.807, 2.05) is 0 Å². The summed E-state index contributed by atoms with van der Waals surface area (Å²) < 4.78 is 23.1. The molecule has 0 bridgehead atoms. The van der Waals surface area contributed by atoms with Crippen LogP contribution in [0.3, 0.4) is 0 Å². The van der Waals surface area contributed by atoms with E-state index in [0.29, 0.717) is 0 Å². The highest BCUT2D eigenvalue weighted by Crippen LogP contribution is 2.27. The first kappa shape index (κ1) is 22.0. The summed E-state index contributed by atoms with van der Waals surface area (Å²) in [4.78, 5) is 32.5. The number of halogens is 1. The Hall–Kier alpha value is -3.25. The molecule has 2 N–H and O–H groups in total. The number of anilines is 1. The molecule has 154 valence electrons. The van der Waals surface area contributed by atoms with Gasteiger partial charge < -0.3 is 10.6 Å². The van der Waals surface area contributed by atoms with Crippen molar-refractivity contribution in [2.24, 2.45) is 0 Å². The molecule has 0 saturated heterocycles. The number of nitro groups is 2. The van der Waals surface area contributed by atoms with Gasteiger partial charge in [-0.05, 0) is 24.3 Å². The van der Waals surface area contributed by atoms with Gasteiger partial charge >= 0.3 is 0 Å². The van der Waals surface area contributed by atoms with Gasteiger partial charge in [0.25, 0.3) is 17.3 Å². The lowest BCUT2D eigenvalue weighted by molar-refractivity contribution is -0.384. The van der Waals surface area contributed by atoms with E-state index in [9.17, 15) is 33.4 Å². The zero-order valence-corrected chi connectivity index (χ0v) is 16.5. The molecule has 2 rings (SSSR count). The van der Waals surface area contributed by atoms with E-state index >= 15 is 0 Å². The third kappa shape index (κ3) is 5.62. The van der Waals surface area contributed by atoms with Crippen molar-refractivity contribution >= 4 is 44.4 Å². The summed E-state index contributed by atoms with van der Waals surface area (Å²) in [6, 6.07) is 7.05. The second kappa shape index (κ2) is 8.84. The zero-order valence-electron chi connectivity index (χ0n) is 14.9. The van der Waals surface area contributed by atoms with E-state index in [2.05, 4.69) is 10.6 Å². The number of hydrogen-bond donors (Lipinski definition) is 2. The van der Waals surface area contributed by atoms with Crippen molar-refractivity contribution in [3.8, 4) is 0 Å². The largest absolute Gasteiger partial charge is 0.378 e. The molecular formula is C16H15ClN4O7S. The van der Waals surface area contributed by atoms with Gasteiger partial charge in [-0.15, -0.1) is 0 Å². The first-order valence-corrected chi connectivity index (χ1v) is 10.2. The smallest absolute Gasteiger partial charge is 0.293 e. The number of amides is 1. The molecule has 0 aromatic heterocycles. The molecule has 2 aromatic carbocycles. The van der Waals surface area contributed by atoms with Gasteiger partial charge in [0, 0.05) is 37.0 Å². The summed E-state index contributed by atoms with van der Waals surface area (Å²) in [7, 11) is -3.60. The van der Waals surface area contributed by atoms with E-state index in [1.54, 1.807) is 0 Å². The predicted octanol–water partition coefficient (Wildman–Crippen LogP) is 2.40. The minimum atomic E-state index is -3.60. The number of nitrogens with one attached hydrogen (secondary N) is 2. The minimum absolute atomic E-state index is 0.0320. The van der Waals surface area contributed by atoms with Crippen molar-refractivity contribution in [1.82, 2.24) is 5.32 Å². The molecule has 29 heavy (non-hydrogen) atoms. The highest BCUT2D eigenvalue weighted by Gasteiger charge is 2.19. The summed E-state index contributed by atoms with van der Waals surface area (Å²) in [5.74, 6) is -0.589. The number of hydrogen-bond acceptors (Lipinski definition) is 8. The lowest BCUT2D eigenvalue weighted by Crippen LogP contribution is -2.28. The summed E-state index contributed by atoms with van der Waals surface area (Å²) in [6.07, 6.45) is 0.940. The minimum Gasteiger partial charge on any atom is -0.378 e. The Morgan fingerprint density at radius 2 is 1.69 bits per heavy atom. The van der Waals surface area contributed by atoms with Crippen molar-refractivity contribution in [3.05, 3.63) is 67.2 Å². The molecule has 0 fully saturated rings. The number of nitrogens with zero attached hydrogens (tertiary/aromatic N) is 2. The fraction of sp³-hybridized carbons (Fsp3) is 0.188. The molecule has 0 heterocycles. The van der Waals surface area contributed by atoms with Crippen molar-refractivity contribution in [2.75, 3.05) is 24.7 Å². The van der Waals surface area contributed by atoms with Crippen LogP contribution >= 0.6 is 11.6 Å². The normalized spacial score (nSPS) is 11.0. The Bertz CT molecular complexity index is 1090. The Kier molecular flexibility index (Phi) is 6.72. The van der Waals surface area contributed by atoms with Gasteiger partial charge in [0.05, 0.1) is 14.7 Å². The van der Waals surface area contributed by atoms with Crippen molar-refractivity contribution in [1.29, 1.82) is 0 Å². The molecule has 0 aliphatic heterocycles. The van der Waals surface area contributed by atoms with Crippen LogP contribution in [0.4, 0.5) is 17.1 Å². The van der Waals surface area contributed by atoms with Crippen molar-refractivity contribution in [3.63, 3.8) is 0 Å². The number of carbonyl (C=O) groups is 1. The highest BCUT2D eigenvalue weighted by molar-refractivity contribution is 7.90. The lowest BCUT2D eigenvalue weighted by Gasteiger charge is -2.09. The standard InChI is InChI=1S/C16H15ClN4O7S/c1-29(27,28)11-3-5-13(15(9-11)21(25)26)18-6-7-19-16(22)10-2-4-12(17)14(8-10)20(23)24/h2-5,8-9,18H,6-7H2,1H3,(H,19,22). The summed E-state index contributed by atoms with van der Waals surface area (Å²) in [5.41, 5.74) is -0.713. The average molecular weight is 443 g/mol. The molecule has 0 radical (unpaired) electrons. The van der Waals surface area contributed by atoms with Crippen molar-refractivity contribution in [2.45, 2.75) is 4.90 Å². The number of benzene rings is 2. The van der Waals surface area contributed by atoms with Crippen LogP contribution in [0.5, 0.6) is 0 Å². The number of rotatable bonds is 8. The SMILES string of the molecule is CS(=O)(=O)c1ccc(NCCNC(=O)c2ccc(Cl)c([N+](=O)[O-])c2)c([N+](=O)[O-])c1. The van der Waals surface area contributed by atoms with Crippen LogP contribution in [-0.2, 0) is 9.84 Å². The van der Waals surface area contributed by atoms with E-state index in [-0.39, 0.29) is 34.3 Å². The Labute approximate surface area is 169 Å². The zero-order chi connectivity index (χ0) is 21.8. The van der Waals surface area contributed by atoms with Gasteiger partial charge in [-0.2, -0.15) is 0 Å². The summed E-state index contributed by atoms with van der Waals surface area (Å²) >= 11 is 5.69. The fourth-order valence-corrected chi connectivity index (χ4v) is 3.14. The molecule has 0 aliphatic rings. The van der Waals surface area contributed by atoms with Gasteiger partial charge in [0.2, 0.25) is 0 Å². The van der Waals surface area contributed by atoms with E-state index in [0.717, 1.165) is 18.4 Å². The van der Waals surface area contributed by atoms with Gasteiger partial charge in [0.1, 0.15) is 10.7 Å². The van der Waals surface area contributed by atoms with Crippen molar-refractivity contribution < 1.29 is 23.1 Å². The molecule has 13 heteroatoms. The highest BCUT2D eigenvalue weighted by atomic mass is 35.5. The molecule has 0 aliphatic carbocycles. The molecule has 11 nitrogen and oxygen atoms in total. The Balaban J connectivity index is 2.02. The summed E-state index contributed by atoms with van der Waals surface area (Å²) in [6.45, 7) is 0.126. The third-order valence-corrected chi connectivity index (χ3v) is 5.15. The van der Waals surface area contributed by atoms with Gasteiger partial charge in [-0.3, -0.25) is 25.0 Å². The van der Waals surface area contributed by atoms with E-state index in [4.69, 9.17) is 11.6 Å². The second-order valence-corrected chi connectivity index (χ2v) is 8.24. The van der Waals surface area contributed by atoms with Crippen LogP contribution in [0.15, 0.2) is 41.3 Å². The maximum absolute atomic E-state index is 12.1. The van der Waals surface area contributed by atoms with Crippen LogP contribution in [0.25, 0.3) is 0 Å². The van der Waals surface area contributed by atoms with Gasteiger partial charge in [0.15, 0.2) is 9.84 Å². The topological polar surface area (TPSA) is 162 Å². The summed E-state index contributed by atoms with van der Waals surface area (Å²) in [5, 5.41) is 27.2. The lowest BCUT2D eigenvalue weighted by atomic mass is 10.2. The van der Waals surface area contributed by atoms with Gasteiger partial charge in [-0.1, -0.05) is 11.6 Å². The molecule has 0 unspecified atom stereocenters. The van der Waals surface area contributed by atoms with Crippen LogP contribution < -0.4 is 10.6 Å². The second-order valence-electron chi connectivity index (χ2n) is 5.81. The molecular weight excluding hydrogens is 428 g/mol. The first-order valence-electron chi connectivity index (χ1n) is 7.95. The Morgan fingerprint density at radius 3 is 2.28 bits per heavy atom. The third-order valence-electron chi connectivity index (χ3n) is 3.73. The maximum atomic E-state index is 12.1. The fourth-order valence-electron chi connectivity index (χ4n) is 2.31. The van der Waals surface area contributed by atoms with Crippen LogP contribution in [-0.4, -0.2) is 43.5 Å². The van der Waals surface area contributed by atoms with E-state index < -0.39 is 37.0 Å². The number of carbonyl (C=O) groups excluding carboxylic acids is 1. The van der Waals surface area contributed by atoms with Gasteiger partial charge in [-0.25, -0.2) is 8.42 Å². The molecule has 0 saturated carbocycles. The quantitative estimate of drug-likeness (QED) is 0.357. The molecule has 0 atom stereocenters. The maximum Gasteiger partial charge on any atom is 0.293 e. The van der Waals surface area contributed by atoms with E-state index in [1.165, 1.54) is 24.3 Å². The molecule has 2 aromatic rings.